The number of halogens is 5. The summed E-state index contributed by atoms with van der Waals surface area (Å²) < 4.78 is 49.3. The quantitative estimate of drug-likeness (QED) is 0.618. The van der Waals surface area contributed by atoms with Crippen LogP contribution in [0.2, 0.25) is 0 Å². The van der Waals surface area contributed by atoms with Crippen molar-refractivity contribution < 1.29 is 17.6 Å². The molecule has 0 aliphatic rings. The Morgan fingerprint density at radius 3 is 2.23 bits per heavy atom. The van der Waals surface area contributed by atoms with Crippen LogP contribution < -0.4 is 0 Å². The molecule has 0 aromatic heterocycles. The lowest BCUT2D eigenvalue weighted by molar-refractivity contribution is -0.140. The third kappa shape index (κ3) is 2.21. The second kappa shape index (κ2) is 3.29. The summed E-state index contributed by atoms with van der Waals surface area (Å²) in [7, 11) is 0. The van der Waals surface area contributed by atoms with Crippen molar-refractivity contribution in [2.45, 2.75) is 13.1 Å². The molecule has 1 aromatic rings. The summed E-state index contributed by atoms with van der Waals surface area (Å²) in [5, 5.41) is 0. The molecular weight excluding hydrogens is 252 g/mol. The van der Waals surface area contributed by atoms with Gasteiger partial charge in [0.2, 0.25) is 0 Å². The van der Waals surface area contributed by atoms with Crippen LogP contribution in [0.5, 0.6) is 0 Å². The van der Waals surface area contributed by atoms with Gasteiger partial charge in [-0.1, -0.05) is 15.9 Å². The minimum atomic E-state index is -4.64. The van der Waals surface area contributed by atoms with Gasteiger partial charge < -0.3 is 0 Å². The molecule has 0 amide bonds. The lowest BCUT2D eigenvalue weighted by Gasteiger charge is -2.09. The molecule has 0 saturated carbocycles. The summed E-state index contributed by atoms with van der Waals surface area (Å²) >= 11 is 2.91. The summed E-state index contributed by atoms with van der Waals surface area (Å²) in [5.41, 5.74) is -0.810. The summed E-state index contributed by atoms with van der Waals surface area (Å²) in [6.45, 7) is 1.52. The molecule has 1 rings (SSSR count). The van der Waals surface area contributed by atoms with Crippen molar-refractivity contribution >= 4 is 15.9 Å². The second-order valence-corrected chi connectivity index (χ2v) is 3.43. The molecule has 0 heterocycles. The van der Waals surface area contributed by atoms with Crippen LogP contribution in [0.3, 0.4) is 0 Å². The molecule has 1 aromatic carbocycles. The zero-order valence-corrected chi connectivity index (χ0v) is 8.13. The molecule has 0 atom stereocenters. The van der Waals surface area contributed by atoms with Crippen LogP contribution in [0.1, 0.15) is 11.1 Å². The fourth-order valence-electron chi connectivity index (χ4n) is 0.864. The van der Waals surface area contributed by atoms with E-state index in [0.717, 1.165) is 12.1 Å². The fourth-order valence-corrected chi connectivity index (χ4v) is 1.21. The average Bonchev–Trinajstić information content (AvgIpc) is 1.94. The Hall–Kier alpha value is -0.580. The monoisotopic (exact) mass is 256 g/mol. The molecule has 5 heteroatoms. The largest absolute Gasteiger partial charge is 0.419 e. The zero-order valence-electron chi connectivity index (χ0n) is 6.54. The van der Waals surface area contributed by atoms with E-state index in [-0.39, 0.29) is 4.47 Å². The van der Waals surface area contributed by atoms with E-state index in [1.54, 1.807) is 0 Å². The van der Waals surface area contributed by atoms with Gasteiger partial charge in [0.25, 0.3) is 0 Å². The summed E-state index contributed by atoms with van der Waals surface area (Å²) in [4.78, 5) is 0. The maximum atomic E-state index is 12.8. The average molecular weight is 257 g/mol. The molecule has 0 bridgehead atoms. The van der Waals surface area contributed by atoms with Crippen LogP contribution in [0, 0.1) is 12.7 Å². The van der Waals surface area contributed by atoms with Crippen molar-refractivity contribution in [3.63, 3.8) is 0 Å². The Kier molecular flexibility index (Phi) is 2.66. The van der Waals surface area contributed by atoms with Gasteiger partial charge in [0.15, 0.2) is 0 Å². The normalized spacial score (nSPS) is 11.8. The van der Waals surface area contributed by atoms with Gasteiger partial charge in [0.05, 0.1) is 5.56 Å². The van der Waals surface area contributed by atoms with E-state index in [4.69, 9.17) is 0 Å². The Labute approximate surface area is 80.7 Å². The van der Waals surface area contributed by atoms with Crippen molar-refractivity contribution in [1.29, 1.82) is 0 Å². The highest BCUT2D eigenvalue weighted by Crippen LogP contribution is 2.34. The molecule has 0 unspecified atom stereocenters. The van der Waals surface area contributed by atoms with Crippen LogP contribution in [-0.2, 0) is 6.18 Å². The maximum absolute atomic E-state index is 12.8. The van der Waals surface area contributed by atoms with E-state index in [2.05, 4.69) is 15.9 Å². The molecule has 72 valence electrons. The second-order valence-electron chi connectivity index (χ2n) is 2.58. The van der Waals surface area contributed by atoms with Gasteiger partial charge in [-0.15, -0.1) is 0 Å². The SMILES string of the molecule is Cc1cc(F)c(C(F)(F)F)cc1Br. The van der Waals surface area contributed by atoms with Gasteiger partial charge in [0, 0.05) is 4.47 Å². The molecule has 0 aliphatic carbocycles. The van der Waals surface area contributed by atoms with Crippen molar-refractivity contribution in [2.75, 3.05) is 0 Å². The molecule has 0 spiro atoms. The number of alkyl halides is 3. The first kappa shape index (κ1) is 10.5. The number of hydrogen-bond acceptors (Lipinski definition) is 0. The van der Waals surface area contributed by atoms with Crippen molar-refractivity contribution in [2.24, 2.45) is 0 Å². The number of benzene rings is 1. The van der Waals surface area contributed by atoms with Gasteiger partial charge in [0.1, 0.15) is 5.82 Å². The van der Waals surface area contributed by atoms with Crippen LogP contribution in [0.15, 0.2) is 16.6 Å². The standard InChI is InChI=1S/C8H5BrF4/c1-4-2-7(10)5(3-6(4)9)8(11,12)13/h2-3H,1H3. The third-order valence-corrected chi connectivity index (χ3v) is 2.41. The number of hydrogen-bond donors (Lipinski definition) is 0. The van der Waals surface area contributed by atoms with E-state index in [9.17, 15) is 17.6 Å². The summed E-state index contributed by atoms with van der Waals surface area (Å²) in [6, 6.07) is 1.59. The topological polar surface area (TPSA) is 0 Å². The predicted molar refractivity (Wildman–Crippen MR) is 43.8 cm³/mol. The highest BCUT2D eigenvalue weighted by Gasteiger charge is 2.34. The van der Waals surface area contributed by atoms with E-state index in [1.165, 1.54) is 6.92 Å². The summed E-state index contributed by atoms with van der Waals surface area (Å²) in [5.74, 6) is -1.24. The van der Waals surface area contributed by atoms with Crippen LogP contribution in [-0.4, -0.2) is 0 Å². The minimum Gasteiger partial charge on any atom is -0.206 e. The Morgan fingerprint density at radius 1 is 1.23 bits per heavy atom. The fraction of sp³-hybridized carbons (Fsp3) is 0.250. The Bertz CT molecular complexity index is 330. The van der Waals surface area contributed by atoms with Gasteiger partial charge in [-0.05, 0) is 24.6 Å². The lowest BCUT2D eigenvalue weighted by atomic mass is 10.1. The molecule has 0 N–H and O–H groups in total. The molecule has 13 heavy (non-hydrogen) atoms. The Morgan fingerprint density at radius 2 is 1.77 bits per heavy atom. The number of aryl methyl sites for hydroxylation is 1. The van der Waals surface area contributed by atoms with Crippen LogP contribution in [0.4, 0.5) is 17.6 Å². The van der Waals surface area contributed by atoms with Gasteiger partial charge in [-0.2, -0.15) is 13.2 Å². The molecule has 0 nitrogen and oxygen atoms in total. The van der Waals surface area contributed by atoms with Gasteiger partial charge in [-0.25, -0.2) is 4.39 Å². The minimum absolute atomic E-state index is 0.251. The van der Waals surface area contributed by atoms with E-state index < -0.39 is 17.6 Å². The highest BCUT2D eigenvalue weighted by atomic mass is 79.9. The maximum Gasteiger partial charge on any atom is 0.419 e. The summed E-state index contributed by atoms with van der Waals surface area (Å²) in [6.07, 6.45) is -4.64. The smallest absolute Gasteiger partial charge is 0.206 e. The zero-order chi connectivity index (χ0) is 10.2. The van der Waals surface area contributed by atoms with Crippen molar-refractivity contribution in [3.8, 4) is 0 Å². The Balaban J connectivity index is 3.32. The van der Waals surface area contributed by atoms with Crippen molar-refractivity contribution in [3.05, 3.63) is 33.5 Å². The molecule has 0 fully saturated rings. The van der Waals surface area contributed by atoms with Crippen molar-refractivity contribution in [1.82, 2.24) is 0 Å². The first-order valence-electron chi connectivity index (χ1n) is 3.35. The highest BCUT2D eigenvalue weighted by molar-refractivity contribution is 9.10. The molecule has 0 aliphatic heterocycles. The third-order valence-electron chi connectivity index (χ3n) is 1.55. The first-order valence-corrected chi connectivity index (χ1v) is 4.14. The molecule has 0 radical (unpaired) electrons. The van der Waals surface area contributed by atoms with E-state index in [0.29, 0.717) is 5.56 Å². The van der Waals surface area contributed by atoms with E-state index >= 15 is 0 Å². The first-order chi connectivity index (χ1) is 5.82. The van der Waals surface area contributed by atoms with E-state index in [1.807, 2.05) is 0 Å². The number of rotatable bonds is 0. The van der Waals surface area contributed by atoms with Crippen LogP contribution >= 0.6 is 15.9 Å². The van der Waals surface area contributed by atoms with Gasteiger partial charge >= 0.3 is 6.18 Å². The van der Waals surface area contributed by atoms with Crippen LogP contribution in [0.25, 0.3) is 0 Å². The van der Waals surface area contributed by atoms with Gasteiger partial charge in [-0.3, -0.25) is 0 Å². The lowest BCUT2D eigenvalue weighted by Crippen LogP contribution is -2.08. The molecule has 0 saturated heterocycles. The molecular formula is C8H5BrF4. The predicted octanol–water partition coefficient (Wildman–Crippen LogP) is 3.92.